The van der Waals surface area contributed by atoms with E-state index in [1.165, 1.54) is 0 Å². The topological polar surface area (TPSA) is 49.3 Å². The number of carbonyl (C=O) groups is 1. The van der Waals surface area contributed by atoms with Gasteiger partial charge in [0.25, 0.3) is 0 Å². The summed E-state index contributed by atoms with van der Waals surface area (Å²) in [5, 5.41) is 12.3. The Labute approximate surface area is 109 Å². The molecule has 0 bridgehead atoms. The van der Waals surface area contributed by atoms with E-state index in [0.29, 0.717) is 0 Å². The van der Waals surface area contributed by atoms with Crippen LogP contribution in [0.4, 0.5) is 0 Å². The molecule has 0 amide bonds. The summed E-state index contributed by atoms with van der Waals surface area (Å²) in [6.07, 6.45) is 1.60. The van der Waals surface area contributed by atoms with Gasteiger partial charge >= 0.3 is 0 Å². The molecule has 1 aromatic rings. The maximum Gasteiger partial charge on any atom is 0.155 e. The van der Waals surface area contributed by atoms with Crippen LogP contribution in [-0.4, -0.2) is 24.0 Å². The van der Waals surface area contributed by atoms with Crippen LogP contribution >= 0.6 is 0 Å². The van der Waals surface area contributed by atoms with E-state index < -0.39 is 0 Å². The molecule has 3 nitrogen and oxygen atoms in total. The van der Waals surface area contributed by atoms with E-state index in [-0.39, 0.29) is 23.0 Å². The molecular formula is C15H23NO2. The van der Waals surface area contributed by atoms with Gasteiger partial charge in [0.2, 0.25) is 0 Å². The van der Waals surface area contributed by atoms with E-state index in [4.69, 9.17) is 0 Å². The monoisotopic (exact) mass is 249 g/mol. The number of carbonyl (C=O) groups excluding carboxylic acids is 1. The van der Waals surface area contributed by atoms with Crippen LogP contribution in [0, 0.1) is 5.41 Å². The number of ketones is 1. The van der Waals surface area contributed by atoms with Crippen molar-refractivity contribution in [3.05, 3.63) is 29.8 Å². The van der Waals surface area contributed by atoms with Gasteiger partial charge in [0.15, 0.2) is 5.78 Å². The predicted molar refractivity (Wildman–Crippen MR) is 73.7 cm³/mol. The molecule has 1 atom stereocenters. The fraction of sp³-hybridized carbons (Fsp3) is 0.533. The standard InChI is InChI=1S/C15H23NO2/c1-15(2,3)14(18)13(16-4)10-7-11-5-8-12(17)9-6-11/h5-6,8-9,13,16-17H,7,10H2,1-4H3. The van der Waals surface area contributed by atoms with Gasteiger partial charge in [-0.2, -0.15) is 0 Å². The molecule has 100 valence electrons. The first kappa shape index (κ1) is 14.7. The lowest BCUT2D eigenvalue weighted by Gasteiger charge is -2.24. The third-order valence-electron chi connectivity index (χ3n) is 3.06. The second kappa shape index (κ2) is 6.01. The molecule has 0 aromatic heterocycles. The molecule has 0 aliphatic heterocycles. The van der Waals surface area contributed by atoms with Crippen LogP contribution in [0.25, 0.3) is 0 Å². The number of aryl methyl sites for hydroxylation is 1. The molecule has 0 radical (unpaired) electrons. The van der Waals surface area contributed by atoms with Gasteiger partial charge in [0.1, 0.15) is 5.75 Å². The maximum absolute atomic E-state index is 12.2. The van der Waals surface area contributed by atoms with Crippen LogP contribution in [0.5, 0.6) is 5.75 Å². The number of benzene rings is 1. The molecule has 1 unspecified atom stereocenters. The van der Waals surface area contributed by atoms with Crippen molar-refractivity contribution in [2.75, 3.05) is 7.05 Å². The third-order valence-corrected chi connectivity index (χ3v) is 3.06. The lowest BCUT2D eigenvalue weighted by atomic mass is 9.84. The molecule has 0 aliphatic rings. The van der Waals surface area contributed by atoms with Crippen molar-refractivity contribution >= 4 is 5.78 Å². The largest absolute Gasteiger partial charge is 0.508 e. The Morgan fingerprint density at radius 2 is 1.83 bits per heavy atom. The van der Waals surface area contributed by atoms with Crippen molar-refractivity contribution in [2.45, 2.75) is 39.7 Å². The van der Waals surface area contributed by atoms with Crippen molar-refractivity contribution in [2.24, 2.45) is 5.41 Å². The molecule has 3 heteroatoms. The number of hydrogen-bond acceptors (Lipinski definition) is 3. The van der Waals surface area contributed by atoms with Crippen LogP contribution in [0.2, 0.25) is 0 Å². The fourth-order valence-corrected chi connectivity index (χ4v) is 1.90. The zero-order chi connectivity index (χ0) is 13.8. The Kier molecular flexibility index (Phi) is 4.91. The summed E-state index contributed by atoms with van der Waals surface area (Å²) < 4.78 is 0. The highest BCUT2D eigenvalue weighted by atomic mass is 16.3. The van der Waals surface area contributed by atoms with Gasteiger partial charge in [-0.15, -0.1) is 0 Å². The second-order valence-electron chi connectivity index (χ2n) is 5.66. The van der Waals surface area contributed by atoms with E-state index in [0.717, 1.165) is 18.4 Å². The molecule has 0 heterocycles. The van der Waals surface area contributed by atoms with Crippen molar-refractivity contribution in [3.63, 3.8) is 0 Å². The minimum atomic E-state index is -0.317. The first-order valence-electron chi connectivity index (χ1n) is 6.34. The molecule has 1 rings (SSSR count). The summed E-state index contributed by atoms with van der Waals surface area (Å²) in [4.78, 5) is 12.2. The van der Waals surface area contributed by atoms with Crippen molar-refractivity contribution in [1.29, 1.82) is 0 Å². The van der Waals surface area contributed by atoms with Crippen LogP contribution < -0.4 is 5.32 Å². The predicted octanol–water partition coefficient (Wildman–Crippen LogP) is 2.53. The summed E-state index contributed by atoms with van der Waals surface area (Å²) in [7, 11) is 1.82. The summed E-state index contributed by atoms with van der Waals surface area (Å²) in [6.45, 7) is 5.83. The highest BCUT2D eigenvalue weighted by molar-refractivity contribution is 5.88. The molecule has 0 saturated heterocycles. The number of phenolic OH excluding ortho intramolecular Hbond substituents is 1. The normalized spacial score (nSPS) is 13.3. The van der Waals surface area contributed by atoms with E-state index in [1.54, 1.807) is 12.1 Å². The Balaban J connectivity index is 2.60. The zero-order valence-electron chi connectivity index (χ0n) is 11.7. The summed E-state index contributed by atoms with van der Waals surface area (Å²) >= 11 is 0. The highest BCUT2D eigenvalue weighted by Gasteiger charge is 2.28. The minimum Gasteiger partial charge on any atom is -0.508 e. The molecule has 0 spiro atoms. The zero-order valence-corrected chi connectivity index (χ0v) is 11.7. The Bertz CT molecular complexity index is 390. The van der Waals surface area contributed by atoms with Gasteiger partial charge in [-0.3, -0.25) is 4.79 Å². The lowest BCUT2D eigenvalue weighted by molar-refractivity contribution is -0.128. The quantitative estimate of drug-likeness (QED) is 0.843. The van der Waals surface area contributed by atoms with Gasteiger partial charge < -0.3 is 10.4 Å². The van der Waals surface area contributed by atoms with Gasteiger partial charge in [-0.1, -0.05) is 32.9 Å². The molecule has 0 saturated carbocycles. The number of phenols is 1. The van der Waals surface area contributed by atoms with Gasteiger partial charge in [-0.25, -0.2) is 0 Å². The van der Waals surface area contributed by atoms with Crippen LogP contribution in [0.1, 0.15) is 32.8 Å². The highest BCUT2D eigenvalue weighted by Crippen LogP contribution is 2.19. The molecule has 2 N–H and O–H groups in total. The van der Waals surface area contributed by atoms with Crippen molar-refractivity contribution < 1.29 is 9.90 Å². The number of aromatic hydroxyl groups is 1. The van der Waals surface area contributed by atoms with Gasteiger partial charge in [0.05, 0.1) is 6.04 Å². The molecule has 0 fully saturated rings. The average Bonchev–Trinajstić information content (AvgIpc) is 2.31. The molecule has 0 aliphatic carbocycles. The van der Waals surface area contributed by atoms with Crippen LogP contribution in [0.3, 0.4) is 0 Å². The van der Waals surface area contributed by atoms with Crippen molar-refractivity contribution in [1.82, 2.24) is 5.32 Å². The number of nitrogens with one attached hydrogen (secondary N) is 1. The van der Waals surface area contributed by atoms with Crippen LogP contribution in [-0.2, 0) is 11.2 Å². The number of hydrogen-bond donors (Lipinski definition) is 2. The maximum atomic E-state index is 12.2. The van der Waals surface area contributed by atoms with Crippen LogP contribution in [0.15, 0.2) is 24.3 Å². The van der Waals surface area contributed by atoms with E-state index in [1.807, 2.05) is 40.0 Å². The third kappa shape index (κ3) is 4.15. The number of rotatable bonds is 5. The molecular weight excluding hydrogens is 226 g/mol. The molecule has 1 aromatic carbocycles. The first-order chi connectivity index (χ1) is 8.34. The Hall–Kier alpha value is -1.35. The SMILES string of the molecule is CNC(CCc1ccc(O)cc1)C(=O)C(C)(C)C. The number of Topliss-reactive ketones (excluding diaryl/α,β-unsaturated/α-hetero) is 1. The molecule has 18 heavy (non-hydrogen) atoms. The summed E-state index contributed by atoms with van der Waals surface area (Å²) in [5.41, 5.74) is 0.817. The van der Waals surface area contributed by atoms with E-state index in [2.05, 4.69) is 5.32 Å². The smallest absolute Gasteiger partial charge is 0.155 e. The second-order valence-corrected chi connectivity index (χ2v) is 5.66. The Morgan fingerprint density at radius 3 is 2.28 bits per heavy atom. The summed E-state index contributed by atoms with van der Waals surface area (Å²) in [5.74, 6) is 0.512. The Morgan fingerprint density at radius 1 is 1.28 bits per heavy atom. The van der Waals surface area contributed by atoms with E-state index >= 15 is 0 Å². The van der Waals surface area contributed by atoms with Crippen molar-refractivity contribution in [3.8, 4) is 5.75 Å². The number of likely N-dealkylation sites (N-methyl/N-ethyl adjacent to an activating group) is 1. The van der Waals surface area contributed by atoms with Gasteiger partial charge in [-0.05, 0) is 37.6 Å². The van der Waals surface area contributed by atoms with E-state index in [9.17, 15) is 9.90 Å². The first-order valence-corrected chi connectivity index (χ1v) is 6.34. The average molecular weight is 249 g/mol. The lowest BCUT2D eigenvalue weighted by Crippen LogP contribution is -2.41. The fourth-order valence-electron chi connectivity index (χ4n) is 1.90. The minimum absolute atomic E-state index is 0.112. The summed E-state index contributed by atoms with van der Waals surface area (Å²) in [6, 6.07) is 7.02. The van der Waals surface area contributed by atoms with Gasteiger partial charge in [0, 0.05) is 5.41 Å².